The van der Waals surface area contributed by atoms with Crippen molar-refractivity contribution in [2.75, 3.05) is 26.4 Å². The first kappa shape index (κ1) is 12.5. The first-order valence-corrected chi connectivity index (χ1v) is 5.87. The Bertz CT molecular complexity index is 315. The van der Waals surface area contributed by atoms with E-state index in [1.165, 1.54) is 6.07 Å². The Hall–Kier alpha value is -0.580. The quantitative estimate of drug-likeness (QED) is 0.781. The summed E-state index contributed by atoms with van der Waals surface area (Å²) >= 11 is 1.66. The summed E-state index contributed by atoms with van der Waals surface area (Å²) in [5, 5.41) is 0. The Kier molecular flexibility index (Phi) is 5.08. The highest BCUT2D eigenvalue weighted by molar-refractivity contribution is 7.99. The lowest BCUT2D eigenvalue weighted by atomic mass is 10.2. The summed E-state index contributed by atoms with van der Waals surface area (Å²) in [7, 11) is 4.05. The summed E-state index contributed by atoms with van der Waals surface area (Å²) in [4.78, 5) is 3.06. The number of thioether (sulfide) groups is 1. The van der Waals surface area contributed by atoms with Crippen LogP contribution in [0.4, 0.5) is 4.39 Å². The maximum Gasteiger partial charge on any atom is 0.124 e. The van der Waals surface area contributed by atoms with Crippen LogP contribution in [0.1, 0.15) is 5.56 Å². The molecular weight excluding hydrogens is 211 g/mol. The first-order chi connectivity index (χ1) is 7.11. The topological polar surface area (TPSA) is 29.3 Å². The lowest BCUT2D eigenvalue weighted by Gasteiger charge is -2.09. The van der Waals surface area contributed by atoms with Gasteiger partial charge in [0.15, 0.2) is 0 Å². The van der Waals surface area contributed by atoms with Crippen LogP contribution in [-0.4, -0.2) is 31.3 Å². The Morgan fingerprint density at radius 1 is 1.33 bits per heavy atom. The first-order valence-electron chi connectivity index (χ1n) is 4.89. The zero-order chi connectivity index (χ0) is 11.3. The number of hydrogen-bond donors (Lipinski definition) is 1. The third kappa shape index (κ3) is 4.64. The molecule has 0 heterocycles. The minimum atomic E-state index is -0.203. The van der Waals surface area contributed by atoms with Crippen molar-refractivity contribution in [3.8, 4) is 0 Å². The normalized spacial score (nSPS) is 11.0. The number of nitrogens with zero attached hydrogens (tertiary/aromatic N) is 1. The van der Waals surface area contributed by atoms with Gasteiger partial charge in [-0.05, 0) is 37.9 Å². The van der Waals surface area contributed by atoms with Crippen LogP contribution in [0.5, 0.6) is 0 Å². The van der Waals surface area contributed by atoms with Crippen molar-refractivity contribution in [2.45, 2.75) is 11.4 Å². The van der Waals surface area contributed by atoms with Crippen molar-refractivity contribution in [2.24, 2.45) is 5.73 Å². The molecule has 84 valence electrons. The van der Waals surface area contributed by atoms with Crippen LogP contribution in [0.3, 0.4) is 0 Å². The van der Waals surface area contributed by atoms with Crippen molar-refractivity contribution in [1.29, 1.82) is 0 Å². The van der Waals surface area contributed by atoms with Gasteiger partial charge >= 0.3 is 0 Å². The highest BCUT2D eigenvalue weighted by atomic mass is 32.2. The molecule has 0 aliphatic rings. The lowest BCUT2D eigenvalue weighted by Crippen LogP contribution is -2.14. The van der Waals surface area contributed by atoms with Crippen LogP contribution in [0, 0.1) is 5.82 Å². The number of rotatable bonds is 5. The van der Waals surface area contributed by atoms with Gasteiger partial charge in [0.05, 0.1) is 0 Å². The maximum atomic E-state index is 13.1. The lowest BCUT2D eigenvalue weighted by molar-refractivity contribution is 0.437. The number of hydrogen-bond acceptors (Lipinski definition) is 3. The molecule has 0 bridgehead atoms. The summed E-state index contributed by atoms with van der Waals surface area (Å²) in [5.74, 6) is 0.755. The van der Waals surface area contributed by atoms with Crippen LogP contribution in [0.2, 0.25) is 0 Å². The maximum absolute atomic E-state index is 13.1. The zero-order valence-electron chi connectivity index (χ0n) is 9.16. The van der Waals surface area contributed by atoms with Crippen molar-refractivity contribution >= 4 is 11.8 Å². The molecule has 1 aromatic carbocycles. The molecule has 2 N–H and O–H groups in total. The fraction of sp³-hybridized carbons (Fsp3) is 0.455. The molecule has 1 aromatic rings. The third-order valence-corrected chi connectivity index (χ3v) is 2.93. The highest BCUT2D eigenvalue weighted by Gasteiger charge is 2.00. The third-order valence-electron chi connectivity index (χ3n) is 1.97. The summed E-state index contributed by atoms with van der Waals surface area (Å²) in [6.07, 6.45) is 0. The van der Waals surface area contributed by atoms with E-state index in [-0.39, 0.29) is 5.82 Å². The van der Waals surface area contributed by atoms with Crippen LogP contribution in [0.25, 0.3) is 0 Å². The second-order valence-corrected chi connectivity index (χ2v) is 4.82. The average Bonchev–Trinajstić information content (AvgIpc) is 2.16. The predicted molar refractivity (Wildman–Crippen MR) is 63.6 cm³/mol. The molecule has 0 aromatic heterocycles. The van der Waals surface area contributed by atoms with E-state index in [1.807, 2.05) is 20.2 Å². The molecule has 0 aliphatic heterocycles. The molecule has 0 spiro atoms. The van der Waals surface area contributed by atoms with Crippen LogP contribution >= 0.6 is 11.8 Å². The molecule has 0 saturated heterocycles. The zero-order valence-corrected chi connectivity index (χ0v) is 9.98. The fourth-order valence-electron chi connectivity index (χ4n) is 1.17. The van der Waals surface area contributed by atoms with Gasteiger partial charge in [-0.2, -0.15) is 0 Å². The smallest absolute Gasteiger partial charge is 0.124 e. The van der Waals surface area contributed by atoms with Crippen LogP contribution in [0.15, 0.2) is 23.1 Å². The summed E-state index contributed by atoms with van der Waals surface area (Å²) in [6, 6.07) is 4.99. The monoisotopic (exact) mass is 228 g/mol. The molecule has 0 aliphatic carbocycles. The average molecular weight is 228 g/mol. The molecule has 2 nitrogen and oxygen atoms in total. The number of benzene rings is 1. The van der Waals surface area contributed by atoms with Gasteiger partial charge in [-0.15, -0.1) is 11.8 Å². The van der Waals surface area contributed by atoms with Crippen LogP contribution < -0.4 is 5.73 Å². The Morgan fingerprint density at radius 2 is 2.07 bits per heavy atom. The minimum Gasteiger partial charge on any atom is -0.326 e. The van der Waals surface area contributed by atoms with Gasteiger partial charge in [-0.1, -0.05) is 0 Å². The van der Waals surface area contributed by atoms with Gasteiger partial charge in [-0.25, -0.2) is 4.39 Å². The van der Waals surface area contributed by atoms with Gasteiger partial charge in [-0.3, -0.25) is 0 Å². The standard InChI is InChI=1S/C11H17FN2S/c1-14(2)3-4-15-11-6-9(8-13)5-10(12)7-11/h5-7H,3-4,8,13H2,1-2H3. The van der Waals surface area contributed by atoms with Gasteiger partial charge in [0.1, 0.15) is 5.82 Å². The van der Waals surface area contributed by atoms with E-state index < -0.39 is 0 Å². The SMILES string of the molecule is CN(C)CCSc1cc(F)cc(CN)c1. The molecular formula is C11H17FN2S. The molecule has 4 heteroatoms. The summed E-state index contributed by atoms with van der Waals surface area (Å²) in [6.45, 7) is 1.37. The second-order valence-electron chi connectivity index (χ2n) is 3.65. The summed E-state index contributed by atoms with van der Waals surface area (Å²) in [5.41, 5.74) is 6.33. The predicted octanol–water partition coefficient (Wildman–Crippen LogP) is 1.94. The largest absolute Gasteiger partial charge is 0.326 e. The van der Waals surface area contributed by atoms with E-state index in [4.69, 9.17) is 5.73 Å². The number of halogens is 1. The van der Waals surface area contributed by atoms with Crippen molar-refractivity contribution < 1.29 is 4.39 Å². The molecule has 15 heavy (non-hydrogen) atoms. The highest BCUT2D eigenvalue weighted by Crippen LogP contribution is 2.20. The molecule has 0 fully saturated rings. The van der Waals surface area contributed by atoms with E-state index in [2.05, 4.69) is 4.90 Å². The van der Waals surface area contributed by atoms with Crippen molar-refractivity contribution in [3.63, 3.8) is 0 Å². The Morgan fingerprint density at radius 3 is 2.67 bits per heavy atom. The van der Waals surface area contributed by atoms with Crippen LogP contribution in [-0.2, 0) is 6.54 Å². The number of nitrogens with two attached hydrogens (primary N) is 1. The van der Waals surface area contributed by atoms with Crippen molar-refractivity contribution in [1.82, 2.24) is 4.90 Å². The molecule has 0 atom stereocenters. The Labute approximate surface area is 94.6 Å². The van der Waals surface area contributed by atoms with E-state index >= 15 is 0 Å². The second kappa shape index (κ2) is 6.10. The van der Waals surface area contributed by atoms with E-state index in [0.29, 0.717) is 6.54 Å². The minimum absolute atomic E-state index is 0.203. The molecule has 0 radical (unpaired) electrons. The molecule has 0 amide bonds. The van der Waals surface area contributed by atoms with Gasteiger partial charge < -0.3 is 10.6 Å². The molecule has 0 saturated carbocycles. The molecule has 0 unspecified atom stereocenters. The van der Waals surface area contributed by atoms with Crippen molar-refractivity contribution in [3.05, 3.63) is 29.6 Å². The van der Waals surface area contributed by atoms with Gasteiger partial charge in [0, 0.05) is 23.7 Å². The van der Waals surface area contributed by atoms with Gasteiger partial charge in [0.25, 0.3) is 0 Å². The summed E-state index contributed by atoms with van der Waals surface area (Å²) < 4.78 is 13.1. The Balaban J connectivity index is 2.56. The molecule has 1 rings (SSSR count). The van der Waals surface area contributed by atoms with E-state index in [9.17, 15) is 4.39 Å². The van der Waals surface area contributed by atoms with E-state index in [1.54, 1.807) is 17.8 Å². The van der Waals surface area contributed by atoms with Gasteiger partial charge in [0.2, 0.25) is 0 Å². The van der Waals surface area contributed by atoms with E-state index in [0.717, 1.165) is 22.8 Å². The fourth-order valence-corrected chi connectivity index (χ4v) is 2.29.